The van der Waals surface area contributed by atoms with Gasteiger partial charge in [0.1, 0.15) is 13.2 Å². The Morgan fingerprint density at radius 3 is 2.20 bits per heavy atom. The van der Waals surface area contributed by atoms with Gasteiger partial charge in [0, 0.05) is 15.9 Å². The number of rotatable bonds is 6. The Balaban J connectivity index is 2.25. The van der Waals surface area contributed by atoms with E-state index < -0.39 is 0 Å². The quantitative estimate of drug-likeness (QED) is 0.599. The number of benzene rings is 1. The summed E-state index contributed by atoms with van der Waals surface area (Å²) >= 11 is 10.3. The summed E-state index contributed by atoms with van der Waals surface area (Å²) in [5, 5.41) is 0.758. The standard InChI is InChI=1S/C16H22BrClO2/c1-3-5-11(6-4-2)16(17)12-9-14-15(10-13(12)18)20-8-7-19-14/h9-11,16H,3-8H2,1-2H3. The largest absolute Gasteiger partial charge is 0.486 e. The maximum Gasteiger partial charge on any atom is 0.162 e. The van der Waals surface area contributed by atoms with Crippen molar-refractivity contribution in [2.75, 3.05) is 13.2 Å². The first-order chi connectivity index (χ1) is 9.67. The van der Waals surface area contributed by atoms with Crippen LogP contribution in [0.5, 0.6) is 11.5 Å². The number of alkyl halides is 1. The minimum atomic E-state index is 0.269. The first-order valence-corrected chi connectivity index (χ1v) is 8.69. The van der Waals surface area contributed by atoms with Crippen molar-refractivity contribution in [2.24, 2.45) is 5.92 Å². The third-order valence-electron chi connectivity index (χ3n) is 3.69. The van der Waals surface area contributed by atoms with Crippen LogP contribution in [0.4, 0.5) is 0 Å². The minimum absolute atomic E-state index is 0.269. The zero-order valence-corrected chi connectivity index (χ0v) is 14.5. The van der Waals surface area contributed by atoms with E-state index in [9.17, 15) is 0 Å². The molecule has 0 spiro atoms. The number of fused-ring (bicyclic) bond motifs is 1. The van der Waals surface area contributed by atoms with E-state index in [0.29, 0.717) is 19.1 Å². The van der Waals surface area contributed by atoms with E-state index in [0.717, 1.165) is 22.1 Å². The third-order valence-corrected chi connectivity index (χ3v) is 5.26. The molecule has 1 aliphatic rings. The highest BCUT2D eigenvalue weighted by atomic mass is 79.9. The van der Waals surface area contributed by atoms with Crippen LogP contribution in [0.15, 0.2) is 12.1 Å². The number of ether oxygens (including phenoxy) is 2. The van der Waals surface area contributed by atoms with E-state index in [-0.39, 0.29) is 4.83 Å². The Bertz CT molecular complexity index is 444. The molecular formula is C16H22BrClO2. The van der Waals surface area contributed by atoms with Crippen molar-refractivity contribution in [1.82, 2.24) is 0 Å². The first kappa shape index (κ1) is 16.0. The van der Waals surface area contributed by atoms with Gasteiger partial charge in [0.2, 0.25) is 0 Å². The van der Waals surface area contributed by atoms with Gasteiger partial charge < -0.3 is 9.47 Å². The van der Waals surface area contributed by atoms with Crippen molar-refractivity contribution in [3.63, 3.8) is 0 Å². The van der Waals surface area contributed by atoms with Gasteiger partial charge in [0.25, 0.3) is 0 Å². The molecule has 1 heterocycles. The van der Waals surface area contributed by atoms with Gasteiger partial charge in [0.15, 0.2) is 11.5 Å². The Kier molecular flexibility index (Phi) is 6.03. The summed E-state index contributed by atoms with van der Waals surface area (Å²) in [6, 6.07) is 3.92. The molecule has 0 bridgehead atoms. The number of halogens is 2. The molecule has 1 unspecified atom stereocenters. The van der Waals surface area contributed by atoms with Crippen molar-refractivity contribution < 1.29 is 9.47 Å². The minimum Gasteiger partial charge on any atom is -0.486 e. The summed E-state index contributed by atoms with van der Waals surface area (Å²) in [7, 11) is 0. The molecule has 112 valence electrons. The second-order valence-electron chi connectivity index (χ2n) is 5.26. The molecule has 2 nitrogen and oxygen atoms in total. The lowest BCUT2D eigenvalue weighted by Gasteiger charge is -2.25. The lowest BCUT2D eigenvalue weighted by molar-refractivity contribution is 0.171. The van der Waals surface area contributed by atoms with Gasteiger partial charge in [-0.2, -0.15) is 0 Å². The van der Waals surface area contributed by atoms with Crippen LogP contribution in [-0.4, -0.2) is 13.2 Å². The summed E-state index contributed by atoms with van der Waals surface area (Å²) in [5.41, 5.74) is 1.11. The maximum atomic E-state index is 6.43. The Labute approximate surface area is 134 Å². The molecule has 0 aromatic heterocycles. The van der Waals surface area contributed by atoms with Gasteiger partial charge in [-0.25, -0.2) is 0 Å². The smallest absolute Gasteiger partial charge is 0.162 e. The molecule has 2 rings (SSSR count). The number of hydrogen-bond donors (Lipinski definition) is 0. The van der Waals surface area contributed by atoms with Crippen LogP contribution < -0.4 is 9.47 Å². The van der Waals surface area contributed by atoms with Gasteiger partial charge in [-0.3, -0.25) is 0 Å². The predicted octanol–water partition coefficient (Wildman–Crippen LogP) is 5.76. The van der Waals surface area contributed by atoms with Crippen LogP contribution in [0.1, 0.15) is 49.9 Å². The monoisotopic (exact) mass is 360 g/mol. The van der Waals surface area contributed by atoms with Crippen molar-refractivity contribution in [3.8, 4) is 11.5 Å². The molecular weight excluding hydrogens is 340 g/mol. The first-order valence-electron chi connectivity index (χ1n) is 7.40. The van der Waals surface area contributed by atoms with Crippen LogP contribution in [0.25, 0.3) is 0 Å². The molecule has 0 aliphatic carbocycles. The van der Waals surface area contributed by atoms with E-state index in [1.807, 2.05) is 12.1 Å². The second kappa shape index (κ2) is 7.56. The normalized spacial score (nSPS) is 15.4. The molecule has 0 amide bonds. The molecule has 1 aliphatic heterocycles. The Hall–Kier alpha value is -0.410. The predicted molar refractivity (Wildman–Crippen MR) is 87.4 cm³/mol. The Morgan fingerprint density at radius 2 is 1.65 bits per heavy atom. The van der Waals surface area contributed by atoms with Crippen molar-refractivity contribution in [1.29, 1.82) is 0 Å². The fourth-order valence-electron chi connectivity index (χ4n) is 2.72. The summed E-state index contributed by atoms with van der Waals surface area (Å²) in [4.78, 5) is 0.269. The van der Waals surface area contributed by atoms with Gasteiger partial charge in [-0.15, -0.1) is 0 Å². The molecule has 1 aromatic carbocycles. The van der Waals surface area contributed by atoms with Crippen LogP contribution in [0.2, 0.25) is 5.02 Å². The average Bonchev–Trinajstić information content (AvgIpc) is 2.45. The topological polar surface area (TPSA) is 18.5 Å². The summed E-state index contributed by atoms with van der Waals surface area (Å²) in [6.45, 7) is 5.66. The molecule has 0 saturated carbocycles. The highest BCUT2D eigenvalue weighted by molar-refractivity contribution is 9.09. The highest BCUT2D eigenvalue weighted by Gasteiger charge is 2.24. The molecule has 1 atom stereocenters. The van der Waals surface area contributed by atoms with Crippen LogP contribution in [-0.2, 0) is 0 Å². The number of hydrogen-bond acceptors (Lipinski definition) is 2. The zero-order valence-electron chi connectivity index (χ0n) is 12.1. The van der Waals surface area contributed by atoms with Crippen molar-refractivity contribution in [3.05, 3.63) is 22.7 Å². The molecule has 0 radical (unpaired) electrons. The molecule has 0 saturated heterocycles. The fourth-order valence-corrected chi connectivity index (χ4v) is 4.03. The van der Waals surface area contributed by atoms with Crippen molar-refractivity contribution in [2.45, 2.75) is 44.4 Å². The van der Waals surface area contributed by atoms with Crippen LogP contribution in [0, 0.1) is 5.92 Å². The molecule has 4 heteroatoms. The van der Waals surface area contributed by atoms with Gasteiger partial charge >= 0.3 is 0 Å². The molecule has 1 aromatic rings. The molecule has 0 fully saturated rings. The second-order valence-corrected chi connectivity index (χ2v) is 6.65. The van der Waals surface area contributed by atoms with E-state index in [2.05, 4.69) is 29.8 Å². The lowest BCUT2D eigenvalue weighted by atomic mass is 9.91. The van der Waals surface area contributed by atoms with Crippen molar-refractivity contribution >= 4 is 27.5 Å². The summed E-state index contributed by atoms with van der Waals surface area (Å²) in [6.07, 6.45) is 4.78. The third kappa shape index (κ3) is 3.62. The lowest BCUT2D eigenvalue weighted by Crippen LogP contribution is -2.16. The van der Waals surface area contributed by atoms with Crippen LogP contribution >= 0.6 is 27.5 Å². The summed E-state index contributed by atoms with van der Waals surface area (Å²) < 4.78 is 11.2. The molecule has 20 heavy (non-hydrogen) atoms. The van der Waals surface area contributed by atoms with E-state index in [1.54, 1.807) is 0 Å². The van der Waals surface area contributed by atoms with Gasteiger partial charge in [-0.05, 0) is 30.4 Å². The Morgan fingerprint density at radius 1 is 1.10 bits per heavy atom. The van der Waals surface area contributed by atoms with E-state index in [4.69, 9.17) is 21.1 Å². The van der Waals surface area contributed by atoms with Gasteiger partial charge in [0.05, 0.1) is 0 Å². The van der Waals surface area contributed by atoms with E-state index >= 15 is 0 Å². The SMILES string of the molecule is CCCC(CCC)C(Br)c1cc2c(cc1Cl)OCCO2. The fraction of sp³-hybridized carbons (Fsp3) is 0.625. The maximum absolute atomic E-state index is 6.43. The van der Waals surface area contributed by atoms with Crippen LogP contribution in [0.3, 0.4) is 0 Å². The van der Waals surface area contributed by atoms with Gasteiger partial charge in [-0.1, -0.05) is 54.2 Å². The highest BCUT2D eigenvalue weighted by Crippen LogP contribution is 2.44. The average molecular weight is 362 g/mol. The van der Waals surface area contributed by atoms with E-state index in [1.165, 1.54) is 25.7 Å². The zero-order chi connectivity index (χ0) is 14.5. The summed E-state index contributed by atoms with van der Waals surface area (Å²) in [5.74, 6) is 2.17. The molecule has 0 N–H and O–H groups in total.